The number of nitrogens with one attached hydrogen (secondary N) is 2. The smallest absolute Gasteiger partial charge is 0.248 e. The molecule has 0 unspecified atom stereocenters. The zero-order valence-corrected chi connectivity index (χ0v) is 10.1. The quantitative estimate of drug-likeness (QED) is 0.652. The van der Waals surface area contributed by atoms with Gasteiger partial charge in [-0.05, 0) is 11.6 Å². The van der Waals surface area contributed by atoms with Crippen LogP contribution in [0.5, 0.6) is 0 Å². The molecule has 3 rings (SSSR count). The first-order valence-electron chi connectivity index (χ1n) is 5.84. The Labute approximate surface area is 109 Å². The van der Waals surface area contributed by atoms with E-state index in [4.69, 9.17) is 5.73 Å². The number of H-pyrrole nitrogens is 2. The molecule has 1 aromatic carbocycles. The lowest BCUT2D eigenvalue weighted by Crippen LogP contribution is -2.04. The number of benzene rings is 1. The van der Waals surface area contributed by atoms with E-state index in [1.54, 1.807) is 12.1 Å². The van der Waals surface area contributed by atoms with Crippen LogP contribution in [0.15, 0.2) is 53.3 Å². The van der Waals surface area contributed by atoms with Gasteiger partial charge in [0.2, 0.25) is 5.56 Å². The molecule has 0 aliphatic rings. The maximum absolute atomic E-state index is 11.4. The molecule has 0 aliphatic carbocycles. The minimum atomic E-state index is -0.162. The lowest BCUT2D eigenvalue weighted by atomic mass is 10.0. The van der Waals surface area contributed by atoms with Gasteiger partial charge in [0.1, 0.15) is 0 Å². The third-order valence-corrected chi connectivity index (χ3v) is 2.89. The van der Waals surface area contributed by atoms with Gasteiger partial charge >= 0.3 is 0 Å². The van der Waals surface area contributed by atoms with Crippen LogP contribution in [0.3, 0.4) is 0 Å². The van der Waals surface area contributed by atoms with E-state index in [0.717, 1.165) is 11.1 Å². The normalized spacial score (nSPS) is 10.5. The lowest BCUT2D eigenvalue weighted by molar-refractivity contribution is 1.09. The van der Waals surface area contributed by atoms with Crippen LogP contribution >= 0.6 is 0 Å². The number of anilines is 1. The first kappa shape index (κ1) is 11.3. The van der Waals surface area contributed by atoms with Crippen molar-refractivity contribution >= 4 is 5.82 Å². The van der Waals surface area contributed by atoms with Crippen LogP contribution in [0.2, 0.25) is 0 Å². The summed E-state index contributed by atoms with van der Waals surface area (Å²) in [6.45, 7) is 0. The number of nitrogens with two attached hydrogens (primary N) is 1. The molecule has 4 N–H and O–H groups in total. The van der Waals surface area contributed by atoms with Gasteiger partial charge in [-0.1, -0.05) is 36.4 Å². The summed E-state index contributed by atoms with van der Waals surface area (Å²) in [4.78, 5) is 14.2. The van der Waals surface area contributed by atoms with Crippen LogP contribution in [-0.2, 0) is 0 Å². The van der Waals surface area contributed by atoms with Crippen molar-refractivity contribution in [3.8, 4) is 22.5 Å². The Bertz CT molecular complexity index is 758. The predicted octanol–water partition coefficient (Wildman–Crippen LogP) is 2.01. The van der Waals surface area contributed by atoms with Gasteiger partial charge in [-0.15, -0.1) is 0 Å². The Kier molecular flexibility index (Phi) is 2.64. The Balaban J connectivity index is 2.22. The summed E-state index contributed by atoms with van der Waals surface area (Å²) < 4.78 is 0. The highest BCUT2D eigenvalue weighted by molar-refractivity contribution is 5.86. The highest BCUT2D eigenvalue weighted by Crippen LogP contribution is 2.32. The van der Waals surface area contributed by atoms with Crippen molar-refractivity contribution in [1.29, 1.82) is 0 Å². The van der Waals surface area contributed by atoms with E-state index in [0.29, 0.717) is 17.2 Å². The zero-order chi connectivity index (χ0) is 13.2. The van der Waals surface area contributed by atoms with Crippen molar-refractivity contribution in [3.05, 3.63) is 58.9 Å². The Morgan fingerprint density at radius 1 is 1.00 bits per heavy atom. The average molecular weight is 252 g/mol. The first-order chi connectivity index (χ1) is 9.25. The van der Waals surface area contributed by atoms with Crippen LogP contribution in [0, 0.1) is 0 Å². The molecule has 19 heavy (non-hydrogen) atoms. The molecular weight excluding hydrogens is 240 g/mol. The molecule has 94 valence electrons. The van der Waals surface area contributed by atoms with E-state index in [1.165, 1.54) is 6.07 Å². The monoisotopic (exact) mass is 252 g/mol. The number of rotatable bonds is 2. The average Bonchev–Trinajstić information content (AvgIpc) is 2.82. The van der Waals surface area contributed by atoms with Crippen LogP contribution in [0.1, 0.15) is 0 Å². The number of nitrogens with zero attached hydrogens (tertiary/aromatic N) is 1. The minimum Gasteiger partial charge on any atom is -0.382 e. The van der Waals surface area contributed by atoms with Crippen molar-refractivity contribution in [2.75, 3.05) is 5.73 Å². The SMILES string of the molecule is Nc1n[nH]c(-c2cccc(=O)[nH]2)c1-c1ccccc1. The largest absolute Gasteiger partial charge is 0.382 e. The fourth-order valence-electron chi connectivity index (χ4n) is 2.04. The minimum absolute atomic E-state index is 0.162. The number of aromatic nitrogens is 3. The third-order valence-electron chi connectivity index (χ3n) is 2.89. The Morgan fingerprint density at radius 3 is 2.53 bits per heavy atom. The van der Waals surface area contributed by atoms with Gasteiger partial charge in [-0.3, -0.25) is 9.89 Å². The molecule has 0 atom stereocenters. The summed E-state index contributed by atoms with van der Waals surface area (Å²) in [5.74, 6) is 0.408. The molecule has 0 bridgehead atoms. The van der Waals surface area contributed by atoms with Crippen molar-refractivity contribution < 1.29 is 0 Å². The number of aromatic amines is 2. The van der Waals surface area contributed by atoms with E-state index in [1.807, 2.05) is 30.3 Å². The lowest BCUT2D eigenvalue weighted by Gasteiger charge is -2.04. The number of hydrogen-bond acceptors (Lipinski definition) is 3. The summed E-state index contributed by atoms with van der Waals surface area (Å²) in [6.07, 6.45) is 0. The second kappa shape index (κ2) is 4.45. The van der Waals surface area contributed by atoms with Crippen LogP contribution < -0.4 is 11.3 Å². The van der Waals surface area contributed by atoms with Gasteiger partial charge in [-0.25, -0.2) is 0 Å². The molecule has 0 saturated carbocycles. The maximum atomic E-state index is 11.4. The zero-order valence-electron chi connectivity index (χ0n) is 10.1. The predicted molar refractivity (Wildman–Crippen MR) is 74.5 cm³/mol. The molecule has 5 nitrogen and oxygen atoms in total. The molecule has 5 heteroatoms. The van der Waals surface area contributed by atoms with Crippen molar-refractivity contribution in [1.82, 2.24) is 15.2 Å². The molecule has 0 saturated heterocycles. The summed E-state index contributed by atoms with van der Waals surface area (Å²) in [7, 11) is 0. The first-order valence-corrected chi connectivity index (χ1v) is 5.84. The van der Waals surface area contributed by atoms with E-state index in [-0.39, 0.29) is 5.56 Å². The van der Waals surface area contributed by atoms with E-state index in [9.17, 15) is 4.79 Å². The van der Waals surface area contributed by atoms with Crippen molar-refractivity contribution in [2.45, 2.75) is 0 Å². The van der Waals surface area contributed by atoms with Gasteiger partial charge in [-0.2, -0.15) is 5.10 Å². The summed E-state index contributed by atoms with van der Waals surface area (Å²) in [6, 6.07) is 14.7. The van der Waals surface area contributed by atoms with E-state index < -0.39 is 0 Å². The number of nitrogen functional groups attached to an aromatic ring is 1. The maximum Gasteiger partial charge on any atom is 0.248 e. The summed E-state index contributed by atoms with van der Waals surface area (Å²) >= 11 is 0. The standard InChI is InChI=1S/C14H12N4O/c15-14-12(9-5-2-1-3-6-9)13(17-18-14)10-7-4-8-11(19)16-10/h1-8H,(H,16,19)(H3,15,17,18). The van der Waals surface area contributed by atoms with Crippen LogP contribution in [0.4, 0.5) is 5.82 Å². The molecule has 0 amide bonds. The van der Waals surface area contributed by atoms with E-state index >= 15 is 0 Å². The fourth-order valence-corrected chi connectivity index (χ4v) is 2.04. The molecule has 2 heterocycles. The number of hydrogen-bond donors (Lipinski definition) is 3. The van der Waals surface area contributed by atoms with Gasteiger partial charge in [0.15, 0.2) is 5.82 Å². The third kappa shape index (κ3) is 2.01. The second-order valence-corrected chi connectivity index (χ2v) is 4.15. The molecule has 0 spiro atoms. The van der Waals surface area contributed by atoms with Crippen molar-refractivity contribution in [3.63, 3.8) is 0 Å². The van der Waals surface area contributed by atoms with Crippen LogP contribution in [-0.4, -0.2) is 15.2 Å². The van der Waals surface area contributed by atoms with Crippen LogP contribution in [0.25, 0.3) is 22.5 Å². The summed E-state index contributed by atoms with van der Waals surface area (Å²) in [5, 5.41) is 6.90. The molecule has 0 fully saturated rings. The highest BCUT2D eigenvalue weighted by atomic mass is 16.1. The molecular formula is C14H12N4O. The second-order valence-electron chi connectivity index (χ2n) is 4.15. The van der Waals surface area contributed by atoms with Gasteiger partial charge in [0, 0.05) is 6.07 Å². The highest BCUT2D eigenvalue weighted by Gasteiger charge is 2.14. The Morgan fingerprint density at radius 2 is 1.79 bits per heavy atom. The van der Waals surface area contributed by atoms with Gasteiger partial charge in [0.05, 0.1) is 17.0 Å². The molecule has 0 aliphatic heterocycles. The molecule has 3 aromatic rings. The topological polar surface area (TPSA) is 87.6 Å². The van der Waals surface area contributed by atoms with Gasteiger partial charge < -0.3 is 10.7 Å². The van der Waals surface area contributed by atoms with Crippen molar-refractivity contribution in [2.24, 2.45) is 0 Å². The molecule has 0 radical (unpaired) electrons. The van der Waals surface area contributed by atoms with Gasteiger partial charge in [0.25, 0.3) is 0 Å². The summed E-state index contributed by atoms with van der Waals surface area (Å²) in [5.41, 5.74) is 8.87. The van der Waals surface area contributed by atoms with E-state index in [2.05, 4.69) is 15.2 Å². The Hall–Kier alpha value is -2.82. The number of pyridine rings is 1. The fraction of sp³-hybridized carbons (Fsp3) is 0. The molecule has 2 aromatic heterocycles.